The molecular weight excluding hydrogens is 348 g/mol. The normalized spacial score (nSPS) is 10.2. The molecule has 0 heterocycles. The predicted octanol–water partition coefficient (Wildman–Crippen LogP) is 1.28. The van der Waals surface area contributed by atoms with Gasteiger partial charge < -0.3 is 20.1 Å². The van der Waals surface area contributed by atoms with Gasteiger partial charge in [0.05, 0.1) is 6.54 Å². The monoisotopic (exact) mass is 364 g/mol. The molecule has 2 N–H and O–H groups in total. The highest BCUT2D eigenvalue weighted by Gasteiger charge is 2.11. The Balaban J connectivity index is 1.84. The maximum Gasteiger partial charge on any atom is 0.344 e. The first-order chi connectivity index (χ1) is 12.0. The molecule has 0 aromatic heterocycles. The van der Waals surface area contributed by atoms with Crippen molar-refractivity contribution in [2.24, 2.45) is 0 Å². The van der Waals surface area contributed by atoms with Gasteiger partial charge in [-0.3, -0.25) is 9.59 Å². The van der Waals surface area contributed by atoms with Crippen molar-refractivity contribution in [1.82, 2.24) is 10.6 Å². The van der Waals surface area contributed by atoms with E-state index < -0.39 is 18.5 Å². The molecule has 7 nitrogen and oxygen atoms in total. The number of carbonyl (C=O) groups is 3. The fraction of sp³-hybridized carbons (Fsp3) is 0.235. The molecule has 0 fully saturated rings. The summed E-state index contributed by atoms with van der Waals surface area (Å²) >= 11 is 6.12. The van der Waals surface area contributed by atoms with E-state index in [0.717, 1.165) is 10.8 Å². The molecule has 2 aromatic carbocycles. The largest absolute Gasteiger partial charge is 0.481 e. The zero-order valence-electron chi connectivity index (χ0n) is 13.5. The van der Waals surface area contributed by atoms with Crippen LogP contribution in [-0.4, -0.2) is 44.6 Å². The maximum absolute atomic E-state index is 11.7. The predicted molar refractivity (Wildman–Crippen MR) is 92.5 cm³/mol. The molecular formula is C17H17ClN2O5. The third-order valence-corrected chi connectivity index (χ3v) is 3.60. The second-order valence-electron chi connectivity index (χ2n) is 4.99. The molecule has 0 aliphatic rings. The molecule has 0 bridgehead atoms. The van der Waals surface area contributed by atoms with Crippen molar-refractivity contribution >= 4 is 40.2 Å². The molecule has 2 amide bonds. The van der Waals surface area contributed by atoms with Crippen LogP contribution in [0, 0.1) is 0 Å². The zero-order chi connectivity index (χ0) is 18.2. The molecule has 132 valence electrons. The van der Waals surface area contributed by atoms with Gasteiger partial charge in [-0.15, -0.1) is 0 Å². The highest BCUT2D eigenvalue weighted by atomic mass is 35.5. The topological polar surface area (TPSA) is 93.7 Å². The van der Waals surface area contributed by atoms with Crippen LogP contribution in [0.15, 0.2) is 36.4 Å². The van der Waals surface area contributed by atoms with Gasteiger partial charge in [0.1, 0.15) is 5.75 Å². The van der Waals surface area contributed by atoms with E-state index in [0.29, 0.717) is 10.8 Å². The first-order valence-corrected chi connectivity index (χ1v) is 7.82. The molecule has 2 aromatic rings. The number of likely N-dealkylation sites (N-methyl/N-ethyl adjacent to an activating group) is 1. The van der Waals surface area contributed by atoms with Gasteiger partial charge in [0.15, 0.2) is 13.2 Å². The molecule has 0 aliphatic heterocycles. The van der Waals surface area contributed by atoms with Gasteiger partial charge in [-0.25, -0.2) is 4.79 Å². The summed E-state index contributed by atoms with van der Waals surface area (Å²) in [7, 11) is 1.45. The highest BCUT2D eigenvalue weighted by molar-refractivity contribution is 6.35. The number of fused-ring (bicyclic) bond motifs is 1. The summed E-state index contributed by atoms with van der Waals surface area (Å²) in [6.07, 6.45) is 0. The van der Waals surface area contributed by atoms with Gasteiger partial charge in [0, 0.05) is 22.8 Å². The number of hydrogen-bond donors (Lipinski definition) is 2. The van der Waals surface area contributed by atoms with E-state index in [-0.39, 0.29) is 19.1 Å². The Bertz CT molecular complexity index is 794. The minimum atomic E-state index is -0.700. The summed E-state index contributed by atoms with van der Waals surface area (Å²) in [5.41, 5.74) is 0. The average Bonchev–Trinajstić information content (AvgIpc) is 2.64. The van der Waals surface area contributed by atoms with Crippen molar-refractivity contribution in [3.8, 4) is 5.75 Å². The van der Waals surface area contributed by atoms with Crippen molar-refractivity contribution in [3.05, 3.63) is 41.4 Å². The van der Waals surface area contributed by atoms with Crippen LogP contribution in [0.5, 0.6) is 5.75 Å². The number of rotatable bonds is 7. The Morgan fingerprint density at radius 3 is 2.44 bits per heavy atom. The van der Waals surface area contributed by atoms with Crippen molar-refractivity contribution in [1.29, 1.82) is 0 Å². The smallest absolute Gasteiger partial charge is 0.344 e. The van der Waals surface area contributed by atoms with Crippen molar-refractivity contribution in [3.63, 3.8) is 0 Å². The molecule has 2 rings (SSSR count). The maximum atomic E-state index is 11.7. The number of esters is 1. The van der Waals surface area contributed by atoms with E-state index in [9.17, 15) is 14.4 Å². The first kappa shape index (κ1) is 18.5. The number of amides is 2. The minimum absolute atomic E-state index is 0.180. The first-order valence-electron chi connectivity index (χ1n) is 7.44. The summed E-state index contributed by atoms with van der Waals surface area (Å²) < 4.78 is 10.2. The van der Waals surface area contributed by atoms with Gasteiger partial charge in [0.25, 0.3) is 5.91 Å². The quantitative estimate of drug-likeness (QED) is 0.722. The summed E-state index contributed by atoms with van der Waals surface area (Å²) in [5.74, 6) is -1.14. The van der Waals surface area contributed by atoms with E-state index >= 15 is 0 Å². The number of hydrogen-bond acceptors (Lipinski definition) is 5. The van der Waals surface area contributed by atoms with Crippen LogP contribution in [0.3, 0.4) is 0 Å². The number of nitrogens with one attached hydrogen (secondary N) is 2. The molecule has 0 unspecified atom stereocenters. The lowest BCUT2D eigenvalue weighted by Crippen LogP contribution is -2.37. The van der Waals surface area contributed by atoms with Gasteiger partial charge in [-0.1, -0.05) is 35.9 Å². The van der Waals surface area contributed by atoms with Crippen molar-refractivity contribution in [2.75, 3.05) is 26.8 Å². The Hall–Kier alpha value is -2.80. The van der Waals surface area contributed by atoms with E-state index in [1.165, 1.54) is 7.05 Å². The summed E-state index contributed by atoms with van der Waals surface area (Å²) in [6.45, 7) is -1.02. The van der Waals surface area contributed by atoms with Crippen LogP contribution in [0.1, 0.15) is 0 Å². The summed E-state index contributed by atoms with van der Waals surface area (Å²) in [5, 5.41) is 6.82. The highest BCUT2D eigenvalue weighted by Crippen LogP contribution is 2.31. The van der Waals surface area contributed by atoms with Gasteiger partial charge in [0.2, 0.25) is 5.91 Å². The van der Waals surface area contributed by atoms with E-state index in [1.807, 2.05) is 24.3 Å². The van der Waals surface area contributed by atoms with Gasteiger partial charge >= 0.3 is 5.97 Å². The van der Waals surface area contributed by atoms with Crippen LogP contribution in [-0.2, 0) is 19.1 Å². The number of carbonyl (C=O) groups excluding carboxylic acids is 3. The number of benzene rings is 2. The Morgan fingerprint density at radius 2 is 1.72 bits per heavy atom. The summed E-state index contributed by atoms with van der Waals surface area (Å²) in [4.78, 5) is 34.1. The van der Waals surface area contributed by atoms with Crippen LogP contribution in [0.4, 0.5) is 0 Å². The number of ether oxygens (including phenoxy) is 2. The van der Waals surface area contributed by atoms with Crippen LogP contribution < -0.4 is 15.4 Å². The third-order valence-electron chi connectivity index (χ3n) is 3.27. The standard InChI is InChI=1S/C17H17ClN2O5/c1-19-15(21)8-20-16(22)9-25-17(23)10-24-14-7-6-13(18)11-4-2-3-5-12(11)14/h2-7H,8-10H2,1H3,(H,19,21)(H,20,22). The van der Waals surface area contributed by atoms with E-state index in [4.69, 9.17) is 21.1 Å². The van der Waals surface area contributed by atoms with Crippen molar-refractivity contribution < 1.29 is 23.9 Å². The second-order valence-corrected chi connectivity index (χ2v) is 5.40. The fourth-order valence-corrected chi connectivity index (χ4v) is 2.23. The van der Waals surface area contributed by atoms with E-state index in [1.54, 1.807) is 12.1 Å². The Labute approximate surface area is 149 Å². The fourth-order valence-electron chi connectivity index (χ4n) is 2.00. The van der Waals surface area contributed by atoms with Crippen molar-refractivity contribution in [2.45, 2.75) is 0 Å². The molecule has 0 aliphatic carbocycles. The van der Waals surface area contributed by atoms with Crippen LogP contribution in [0.25, 0.3) is 10.8 Å². The molecule has 0 atom stereocenters. The Morgan fingerprint density at radius 1 is 1.00 bits per heavy atom. The zero-order valence-corrected chi connectivity index (χ0v) is 14.3. The lowest BCUT2D eigenvalue weighted by atomic mass is 10.1. The van der Waals surface area contributed by atoms with Gasteiger partial charge in [-0.05, 0) is 12.1 Å². The van der Waals surface area contributed by atoms with E-state index in [2.05, 4.69) is 10.6 Å². The molecule has 0 saturated heterocycles. The third kappa shape index (κ3) is 5.36. The molecule has 25 heavy (non-hydrogen) atoms. The van der Waals surface area contributed by atoms with Crippen LogP contribution >= 0.6 is 11.6 Å². The molecule has 0 saturated carbocycles. The van der Waals surface area contributed by atoms with Crippen LogP contribution in [0.2, 0.25) is 5.02 Å². The Kier molecular flexibility index (Phi) is 6.59. The number of halogens is 1. The molecule has 0 spiro atoms. The lowest BCUT2D eigenvalue weighted by Gasteiger charge is -2.10. The van der Waals surface area contributed by atoms with Gasteiger partial charge in [-0.2, -0.15) is 0 Å². The summed E-state index contributed by atoms with van der Waals surface area (Å²) in [6, 6.07) is 10.7. The average molecular weight is 365 g/mol. The molecule has 8 heteroatoms. The minimum Gasteiger partial charge on any atom is -0.481 e. The lowest BCUT2D eigenvalue weighted by molar-refractivity contribution is -0.150. The second kappa shape index (κ2) is 8.89. The molecule has 0 radical (unpaired) electrons. The SMILES string of the molecule is CNC(=O)CNC(=O)COC(=O)COc1ccc(Cl)c2ccccc12.